The van der Waals surface area contributed by atoms with Gasteiger partial charge in [-0.05, 0) is 61.4 Å². The van der Waals surface area contributed by atoms with E-state index in [9.17, 15) is 9.18 Å². The van der Waals surface area contributed by atoms with Crippen LogP contribution in [0.3, 0.4) is 0 Å². The van der Waals surface area contributed by atoms with E-state index < -0.39 is 0 Å². The number of carbonyl (C=O) groups is 1. The van der Waals surface area contributed by atoms with Crippen LogP contribution in [0, 0.1) is 5.82 Å². The molecule has 1 fully saturated rings. The van der Waals surface area contributed by atoms with E-state index in [1.807, 2.05) is 36.4 Å². The highest BCUT2D eigenvalue weighted by Gasteiger charge is 2.12. The number of anilines is 2. The first-order valence-electron chi connectivity index (χ1n) is 9.95. The predicted octanol–water partition coefficient (Wildman–Crippen LogP) is 4.92. The molecular formula is C23H23FN4O. The molecule has 0 aliphatic carbocycles. The van der Waals surface area contributed by atoms with E-state index in [1.165, 1.54) is 49.9 Å². The third kappa shape index (κ3) is 4.77. The third-order valence-electron chi connectivity index (χ3n) is 5.13. The van der Waals surface area contributed by atoms with Crippen LogP contribution < -0.4 is 10.2 Å². The number of nitrogens with one attached hydrogen (secondary N) is 1. The molecule has 0 spiro atoms. The highest BCUT2D eigenvalue weighted by atomic mass is 19.1. The first kappa shape index (κ1) is 19.1. The average molecular weight is 390 g/mol. The Morgan fingerprint density at radius 2 is 1.52 bits per heavy atom. The van der Waals surface area contributed by atoms with Crippen LogP contribution in [-0.2, 0) is 0 Å². The van der Waals surface area contributed by atoms with Gasteiger partial charge in [0.15, 0.2) is 5.82 Å². The molecule has 5 nitrogen and oxygen atoms in total. The van der Waals surface area contributed by atoms with Crippen molar-refractivity contribution >= 4 is 17.4 Å². The average Bonchev–Trinajstić information content (AvgIpc) is 3.04. The molecule has 0 atom stereocenters. The standard InChI is InChI=1S/C23H23FN4O/c24-19-9-5-18(6-10-19)23(29)25-20-11-7-17(8-12-20)21-13-14-22(27-26-21)28-15-3-1-2-4-16-28/h5-14H,1-4,15-16H2,(H,25,29). The van der Waals surface area contributed by atoms with E-state index in [0.717, 1.165) is 30.2 Å². The Labute approximate surface area is 169 Å². The summed E-state index contributed by atoms with van der Waals surface area (Å²) < 4.78 is 13.0. The maximum absolute atomic E-state index is 13.0. The molecule has 1 aromatic heterocycles. The summed E-state index contributed by atoms with van der Waals surface area (Å²) in [5.74, 6) is 0.284. The quantitative estimate of drug-likeness (QED) is 0.687. The summed E-state index contributed by atoms with van der Waals surface area (Å²) in [7, 11) is 0. The molecule has 3 aromatic rings. The van der Waals surface area contributed by atoms with Crippen molar-refractivity contribution in [1.82, 2.24) is 10.2 Å². The van der Waals surface area contributed by atoms with Gasteiger partial charge in [-0.15, -0.1) is 10.2 Å². The van der Waals surface area contributed by atoms with E-state index in [2.05, 4.69) is 20.4 Å². The number of hydrogen-bond donors (Lipinski definition) is 1. The van der Waals surface area contributed by atoms with Crippen LogP contribution in [0.2, 0.25) is 0 Å². The second-order valence-electron chi connectivity index (χ2n) is 7.22. The van der Waals surface area contributed by atoms with Crippen molar-refractivity contribution in [1.29, 1.82) is 0 Å². The largest absolute Gasteiger partial charge is 0.355 e. The van der Waals surface area contributed by atoms with Crippen molar-refractivity contribution in [3.8, 4) is 11.3 Å². The molecule has 2 heterocycles. The van der Waals surface area contributed by atoms with Gasteiger partial charge in [-0.25, -0.2) is 4.39 Å². The molecule has 6 heteroatoms. The Hall–Kier alpha value is -3.28. The van der Waals surface area contributed by atoms with Crippen LogP contribution in [0.4, 0.5) is 15.9 Å². The minimum absolute atomic E-state index is 0.278. The monoisotopic (exact) mass is 390 g/mol. The number of nitrogens with zero attached hydrogens (tertiary/aromatic N) is 3. The van der Waals surface area contributed by atoms with Crippen molar-refractivity contribution in [3.63, 3.8) is 0 Å². The molecule has 2 aromatic carbocycles. The molecule has 0 saturated carbocycles. The van der Waals surface area contributed by atoms with E-state index in [0.29, 0.717) is 11.3 Å². The zero-order chi connectivity index (χ0) is 20.1. The Balaban J connectivity index is 1.42. The lowest BCUT2D eigenvalue weighted by Crippen LogP contribution is -2.25. The Morgan fingerprint density at radius 1 is 0.828 bits per heavy atom. The van der Waals surface area contributed by atoms with Crippen LogP contribution in [-0.4, -0.2) is 29.2 Å². The highest BCUT2D eigenvalue weighted by Crippen LogP contribution is 2.22. The summed E-state index contributed by atoms with van der Waals surface area (Å²) in [5, 5.41) is 11.6. The lowest BCUT2D eigenvalue weighted by Gasteiger charge is -2.20. The van der Waals surface area contributed by atoms with Gasteiger partial charge < -0.3 is 10.2 Å². The number of carbonyl (C=O) groups excluding carboxylic acids is 1. The van der Waals surface area contributed by atoms with Gasteiger partial charge in [0.05, 0.1) is 5.69 Å². The van der Waals surface area contributed by atoms with Crippen LogP contribution in [0.25, 0.3) is 11.3 Å². The number of benzene rings is 2. The van der Waals surface area contributed by atoms with Crippen LogP contribution >= 0.6 is 0 Å². The first-order chi connectivity index (χ1) is 14.2. The maximum Gasteiger partial charge on any atom is 0.255 e. The minimum Gasteiger partial charge on any atom is -0.355 e. The topological polar surface area (TPSA) is 58.1 Å². The molecule has 1 aliphatic heterocycles. The Kier molecular flexibility index (Phi) is 5.79. The molecule has 1 amide bonds. The van der Waals surface area contributed by atoms with Crippen molar-refractivity contribution in [2.45, 2.75) is 25.7 Å². The first-order valence-corrected chi connectivity index (χ1v) is 9.95. The number of aromatic nitrogens is 2. The zero-order valence-electron chi connectivity index (χ0n) is 16.1. The third-order valence-corrected chi connectivity index (χ3v) is 5.13. The maximum atomic E-state index is 13.0. The molecule has 4 rings (SSSR count). The van der Waals surface area contributed by atoms with Gasteiger partial charge in [0, 0.05) is 29.9 Å². The van der Waals surface area contributed by atoms with E-state index >= 15 is 0 Å². The molecule has 29 heavy (non-hydrogen) atoms. The fourth-order valence-corrected chi connectivity index (χ4v) is 3.48. The SMILES string of the molecule is O=C(Nc1ccc(-c2ccc(N3CCCCCC3)nn2)cc1)c1ccc(F)cc1. The molecule has 148 valence electrons. The van der Waals surface area contributed by atoms with Gasteiger partial charge in [0.25, 0.3) is 5.91 Å². The fraction of sp³-hybridized carbons (Fsp3) is 0.261. The van der Waals surface area contributed by atoms with Crippen molar-refractivity contribution in [3.05, 3.63) is 72.0 Å². The molecule has 1 aliphatic rings. The predicted molar refractivity (Wildman–Crippen MR) is 113 cm³/mol. The second kappa shape index (κ2) is 8.82. The number of rotatable bonds is 4. The number of amides is 1. The smallest absolute Gasteiger partial charge is 0.255 e. The Morgan fingerprint density at radius 3 is 2.14 bits per heavy atom. The van der Waals surface area contributed by atoms with Crippen molar-refractivity contribution in [2.24, 2.45) is 0 Å². The van der Waals surface area contributed by atoms with Crippen molar-refractivity contribution in [2.75, 3.05) is 23.3 Å². The lowest BCUT2D eigenvalue weighted by molar-refractivity contribution is 0.102. The van der Waals surface area contributed by atoms with Crippen molar-refractivity contribution < 1.29 is 9.18 Å². The Bertz CT molecular complexity index is 948. The normalized spacial score (nSPS) is 14.3. The second-order valence-corrected chi connectivity index (χ2v) is 7.22. The summed E-state index contributed by atoms with van der Waals surface area (Å²) in [6.45, 7) is 2.08. The van der Waals surface area contributed by atoms with Gasteiger partial charge in [-0.3, -0.25) is 4.79 Å². The highest BCUT2D eigenvalue weighted by molar-refractivity contribution is 6.04. The van der Waals surface area contributed by atoms with Gasteiger partial charge in [-0.2, -0.15) is 0 Å². The molecular weight excluding hydrogens is 367 g/mol. The van der Waals surface area contributed by atoms with E-state index in [4.69, 9.17) is 0 Å². The molecule has 0 radical (unpaired) electrons. The summed E-state index contributed by atoms with van der Waals surface area (Å²) in [4.78, 5) is 14.5. The molecule has 0 bridgehead atoms. The van der Waals surface area contributed by atoms with Crippen LogP contribution in [0.15, 0.2) is 60.7 Å². The van der Waals surface area contributed by atoms with Gasteiger partial charge in [0.1, 0.15) is 5.82 Å². The molecule has 0 unspecified atom stereocenters. The van der Waals surface area contributed by atoms with Crippen LogP contribution in [0.1, 0.15) is 36.0 Å². The molecule has 1 N–H and O–H groups in total. The summed E-state index contributed by atoms with van der Waals surface area (Å²) in [6.07, 6.45) is 4.97. The zero-order valence-corrected chi connectivity index (χ0v) is 16.1. The van der Waals surface area contributed by atoms with Gasteiger partial charge in [0.2, 0.25) is 0 Å². The summed E-state index contributed by atoms with van der Waals surface area (Å²) in [5.41, 5.74) is 2.79. The fourth-order valence-electron chi connectivity index (χ4n) is 3.48. The van der Waals surface area contributed by atoms with Gasteiger partial charge in [-0.1, -0.05) is 25.0 Å². The minimum atomic E-state index is -0.367. The number of halogens is 1. The van der Waals surface area contributed by atoms with Gasteiger partial charge >= 0.3 is 0 Å². The number of hydrogen-bond acceptors (Lipinski definition) is 4. The van der Waals surface area contributed by atoms with E-state index in [-0.39, 0.29) is 11.7 Å². The van der Waals surface area contributed by atoms with Crippen LogP contribution in [0.5, 0.6) is 0 Å². The molecule has 1 saturated heterocycles. The summed E-state index contributed by atoms with van der Waals surface area (Å²) >= 11 is 0. The van der Waals surface area contributed by atoms with E-state index in [1.54, 1.807) is 0 Å². The summed E-state index contributed by atoms with van der Waals surface area (Å²) in [6, 6.07) is 16.9. The lowest BCUT2D eigenvalue weighted by atomic mass is 10.1.